The highest BCUT2D eigenvalue weighted by Gasteiger charge is 2.26. The van der Waals surface area contributed by atoms with E-state index in [2.05, 4.69) is 36.4 Å². The van der Waals surface area contributed by atoms with Crippen LogP contribution in [0.4, 0.5) is 5.69 Å². The number of hydrogen-bond donors (Lipinski definition) is 2. The molecule has 0 radical (unpaired) electrons. The molecule has 1 aliphatic rings. The summed E-state index contributed by atoms with van der Waals surface area (Å²) in [5, 5.41) is 21.3. The summed E-state index contributed by atoms with van der Waals surface area (Å²) in [5.74, 6) is 0.647. The van der Waals surface area contributed by atoms with Crippen LogP contribution in [0, 0.1) is 0 Å². The Morgan fingerprint density at radius 2 is 2.07 bits per heavy atom. The molecule has 154 valence electrons. The minimum Gasteiger partial charge on any atom is -0.482 e. The van der Waals surface area contributed by atoms with Crippen molar-refractivity contribution in [3.8, 4) is 22.9 Å². The molecule has 0 spiro atoms. The monoisotopic (exact) mass is 488 g/mol. The second-order valence-corrected chi connectivity index (χ2v) is 8.41. The Bertz CT molecular complexity index is 1080. The molecule has 10 heteroatoms. The van der Waals surface area contributed by atoms with Crippen molar-refractivity contribution < 1.29 is 19.4 Å². The summed E-state index contributed by atoms with van der Waals surface area (Å²) < 4.78 is 12.3. The Labute approximate surface area is 185 Å². The molecule has 30 heavy (non-hydrogen) atoms. The molecule has 1 aliphatic heterocycles. The lowest BCUT2D eigenvalue weighted by atomic mass is 10.1. The molecule has 2 aromatic carbocycles. The highest BCUT2D eigenvalue weighted by Crippen LogP contribution is 2.40. The highest BCUT2D eigenvalue weighted by molar-refractivity contribution is 9.10. The van der Waals surface area contributed by atoms with Crippen LogP contribution in [0.1, 0.15) is 18.7 Å². The molecule has 0 amide bonds. The average Bonchev–Trinajstić information content (AvgIpc) is 2.89. The second-order valence-electron chi connectivity index (χ2n) is 6.26. The van der Waals surface area contributed by atoms with Gasteiger partial charge in [0.15, 0.2) is 18.5 Å². The molecule has 0 saturated carbocycles. The largest absolute Gasteiger partial charge is 0.482 e. The van der Waals surface area contributed by atoms with E-state index in [1.807, 2.05) is 37.3 Å². The third-order valence-corrected chi connectivity index (χ3v) is 5.42. The summed E-state index contributed by atoms with van der Waals surface area (Å²) in [4.78, 5) is 15.2. The number of anilines is 1. The van der Waals surface area contributed by atoms with E-state index >= 15 is 0 Å². The maximum absolute atomic E-state index is 10.7. The van der Waals surface area contributed by atoms with Gasteiger partial charge in [0.05, 0.1) is 0 Å². The molecule has 2 heterocycles. The maximum atomic E-state index is 10.7. The quantitative estimate of drug-likeness (QED) is 0.488. The molecule has 1 aromatic heterocycles. The predicted molar refractivity (Wildman–Crippen MR) is 116 cm³/mol. The number of aromatic nitrogens is 3. The van der Waals surface area contributed by atoms with Crippen molar-refractivity contribution in [2.75, 3.05) is 17.7 Å². The fraction of sp³-hybridized carbons (Fsp3) is 0.200. The Hall–Kier alpha value is -2.85. The predicted octanol–water partition coefficient (Wildman–Crippen LogP) is 4.38. The van der Waals surface area contributed by atoms with Crippen LogP contribution in [0.15, 0.2) is 52.1 Å². The summed E-state index contributed by atoms with van der Waals surface area (Å²) in [6.45, 7) is 1.62. The first-order valence-corrected chi connectivity index (χ1v) is 10.9. The number of nitrogens with one attached hydrogen (secondary N) is 1. The molecular formula is C20H17BrN4O4S. The minimum atomic E-state index is -1.03. The van der Waals surface area contributed by atoms with Gasteiger partial charge in [0.1, 0.15) is 5.75 Å². The Morgan fingerprint density at radius 3 is 2.80 bits per heavy atom. The number of halogens is 1. The zero-order chi connectivity index (χ0) is 21.1. The minimum absolute atomic E-state index is 0.390. The lowest BCUT2D eigenvalue weighted by Crippen LogP contribution is -2.17. The van der Waals surface area contributed by atoms with E-state index in [0.717, 1.165) is 27.0 Å². The molecule has 1 atom stereocenters. The van der Waals surface area contributed by atoms with Crippen LogP contribution in [0.3, 0.4) is 0 Å². The summed E-state index contributed by atoms with van der Waals surface area (Å²) in [7, 11) is 0. The highest BCUT2D eigenvalue weighted by atomic mass is 79.9. The molecule has 0 unspecified atom stereocenters. The first-order chi connectivity index (χ1) is 14.5. The third kappa shape index (κ3) is 4.49. The molecule has 0 saturated heterocycles. The third-order valence-electron chi connectivity index (χ3n) is 4.21. The maximum Gasteiger partial charge on any atom is 0.341 e. The number of aliphatic carboxylic acids is 1. The van der Waals surface area contributed by atoms with Crippen molar-refractivity contribution in [2.24, 2.45) is 0 Å². The van der Waals surface area contributed by atoms with E-state index in [-0.39, 0.29) is 0 Å². The van der Waals surface area contributed by atoms with Gasteiger partial charge in [-0.1, -0.05) is 34.6 Å². The number of benzene rings is 2. The van der Waals surface area contributed by atoms with Gasteiger partial charge < -0.3 is 19.9 Å². The molecule has 0 bridgehead atoms. The van der Waals surface area contributed by atoms with Crippen LogP contribution in [-0.4, -0.2) is 38.6 Å². The van der Waals surface area contributed by atoms with E-state index in [1.165, 1.54) is 11.8 Å². The summed E-state index contributed by atoms with van der Waals surface area (Å²) in [6.07, 6.45) is -0.532. The number of carboxylic acid groups (broad SMARTS) is 1. The molecule has 8 nitrogen and oxygen atoms in total. The normalized spacial score (nSPS) is 14.5. The first kappa shape index (κ1) is 20.4. The van der Waals surface area contributed by atoms with Crippen LogP contribution >= 0.6 is 27.7 Å². The van der Waals surface area contributed by atoms with Gasteiger partial charge in [0.2, 0.25) is 11.0 Å². The topological polar surface area (TPSA) is 106 Å². The standard InChI is InChI=1S/C20H17BrN4O4S/c1-2-30-20-23-19-17(24-25-20)14-9-12(21)5-8-15(14)22-18(29-19)11-3-6-13(7-4-11)28-10-16(26)27/h3-9,18,22H,2,10H2,1H3,(H,26,27)/t18-/m0/s1. The van der Waals surface area contributed by atoms with Crippen LogP contribution < -0.4 is 14.8 Å². The van der Waals surface area contributed by atoms with E-state index in [9.17, 15) is 4.79 Å². The number of hydrogen-bond acceptors (Lipinski definition) is 8. The molecule has 2 N–H and O–H groups in total. The van der Waals surface area contributed by atoms with Gasteiger partial charge in [-0.25, -0.2) is 4.79 Å². The van der Waals surface area contributed by atoms with Crippen LogP contribution in [0.2, 0.25) is 0 Å². The van der Waals surface area contributed by atoms with Crippen LogP contribution in [0.5, 0.6) is 11.6 Å². The molecule has 0 aliphatic carbocycles. The number of carbonyl (C=O) groups is 1. The number of nitrogens with zero attached hydrogens (tertiary/aromatic N) is 3. The first-order valence-electron chi connectivity index (χ1n) is 9.08. The SMILES string of the molecule is CCSc1nnc2c(n1)O[C@@H](c1ccc(OCC(=O)O)cc1)Nc1ccc(Br)cc1-2. The second kappa shape index (κ2) is 8.88. The Kier molecular flexibility index (Phi) is 6.05. The van der Waals surface area contributed by atoms with Crippen LogP contribution in [0.25, 0.3) is 11.3 Å². The smallest absolute Gasteiger partial charge is 0.341 e. The number of fused-ring (bicyclic) bond motifs is 3. The number of ether oxygens (including phenoxy) is 2. The van der Waals surface area contributed by atoms with E-state index in [0.29, 0.717) is 22.5 Å². The zero-order valence-electron chi connectivity index (χ0n) is 15.8. The summed E-state index contributed by atoms with van der Waals surface area (Å²) >= 11 is 4.99. The Morgan fingerprint density at radius 1 is 1.27 bits per heavy atom. The zero-order valence-corrected chi connectivity index (χ0v) is 18.2. The van der Waals surface area contributed by atoms with Crippen molar-refractivity contribution in [1.29, 1.82) is 0 Å². The van der Waals surface area contributed by atoms with Gasteiger partial charge >= 0.3 is 5.97 Å². The van der Waals surface area contributed by atoms with Gasteiger partial charge in [0, 0.05) is 21.3 Å². The van der Waals surface area contributed by atoms with E-state index < -0.39 is 18.8 Å². The fourth-order valence-corrected chi connectivity index (χ4v) is 3.76. The lowest BCUT2D eigenvalue weighted by molar-refractivity contribution is -0.139. The Balaban J connectivity index is 1.70. The van der Waals surface area contributed by atoms with E-state index in [4.69, 9.17) is 14.6 Å². The summed E-state index contributed by atoms with van der Waals surface area (Å²) in [5.41, 5.74) is 3.04. The number of thioether (sulfide) groups is 1. The van der Waals surface area contributed by atoms with Crippen molar-refractivity contribution in [3.05, 3.63) is 52.5 Å². The van der Waals surface area contributed by atoms with Crippen molar-refractivity contribution >= 4 is 39.3 Å². The van der Waals surface area contributed by atoms with E-state index in [1.54, 1.807) is 12.1 Å². The van der Waals surface area contributed by atoms with Crippen LogP contribution in [-0.2, 0) is 4.79 Å². The van der Waals surface area contributed by atoms with Gasteiger partial charge in [-0.05, 0) is 48.2 Å². The van der Waals surface area contributed by atoms with Crippen molar-refractivity contribution in [3.63, 3.8) is 0 Å². The number of rotatable bonds is 6. The van der Waals surface area contributed by atoms with Gasteiger partial charge in [0.25, 0.3) is 0 Å². The number of carboxylic acids is 1. The van der Waals surface area contributed by atoms with Gasteiger partial charge in [-0.15, -0.1) is 10.2 Å². The molecule has 3 aromatic rings. The lowest BCUT2D eigenvalue weighted by Gasteiger charge is -2.19. The molecular weight excluding hydrogens is 472 g/mol. The fourth-order valence-electron chi connectivity index (χ4n) is 2.90. The van der Waals surface area contributed by atoms with Crippen molar-refractivity contribution in [1.82, 2.24) is 15.2 Å². The average molecular weight is 489 g/mol. The summed E-state index contributed by atoms with van der Waals surface area (Å²) in [6, 6.07) is 12.8. The van der Waals surface area contributed by atoms with Gasteiger partial charge in [-0.3, -0.25) is 0 Å². The van der Waals surface area contributed by atoms with Crippen molar-refractivity contribution in [2.45, 2.75) is 18.3 Å². The van der Waals surface area contributed by atoms with Gasteiger partial charge in [-0.2, -0.15) is 4.98 Å². The molecule has 0 fully saturated rings. The molecule has 4 rings (SSSR count).